The van der Waals surface area contributed by atoms with Gasteiger partial charge < -0.3 is 10.6 Å². The molecule has 0 bridgehead atoms. The van der Waals surface area contributed by atoms with E-state index in [4.69, 9.17) is 0 Å². The molecule has 4 nitrogen and oxygen atoms in total. The molecule has 2 atom stereocenters. The Morgan fingerprint density at radius 3 is 2.62 bits per heavy atom. The van der Waals surface area contributed by atoms with Crippen LogP contribution in [-0.4, -0.2) is 49.6 Å². The highest BCUT2D eigenvalue weighted by Gasteiger charge is 2.31. The molecule has 3 aliphatic rings. The van der Waals surface area contributed by atoms with Gasteiger partial charge in [-0.3, -0.25) is 9.69 Å². The highest BCUT2D eigenvalue weighted by atomic mass is 16.1. The number of hydrogen-bond donors (Lipinski definition) is 2. The van der Waals surface area contributed by atoms with E-state index in [1.807, 2.05) is 0 Å². The van der Waals surface area contributed by atoms with Crippen LogP contribution < -0.4 is 10.6 Å². The third-order valence-electron chi connectivity index (χ3n) is 6.25. The van der Waals surface area contributed by atoms with E-state index in [1.165, 1.54) is 64.2 Å². The Morgan fingerprint density at radius 1 is 1.12 bits per heavy atom. The smallest absolute Gasteiger partial charge is 0.233 e. The molecule has 1 heterocycles. The van der Waals surface area contributed by atoms with Crippen molar-refractivity contribution in [2.24, 2.45) is 5.92 Å². The Hall–Kier alpha value is -0.870. The van der Waals surface area contributed by atoms with Crippen molar-refractivity contribution in [2.45, 2.75) is 76.3 Å². The number of likely N-dealkylation sites (tertiary alicyclic amines) is 1. The predicted octanol–water partition coefficient (Wildman–Crippen LogP) is 2.85. The zero-order valence-electron chi connectivity index (χ0n) is 15.4. The molecule has 0 aromatic rings. The van der Waals surface area contributed by atoms with Crippen molar-refractivity contribution in [2.75, 3.05) is 26.7 Å². The number of piperidine rings is 1. The first kappa shape index (κ1) is 17.9. The maximum Gasteiger partial charge on any atom is 0.233 e. The normalized spacial score (nSPS) is 30.0. The number of nitrogens with one attached hydrogen (secondary N) is 2. The minimum absolute atomic E-state index is 0.137. The molecule has 1 saturated heterocycles. The Bertz CT molecular complexity index is 440. The lowest BCUT2D eigenvalue weighted by Crippen LogP contribution is -2.50. The van der Waals surface area contributed by atoms with E-state index < -0.39 is 0 Å². The van der Waals surface area contributed by atoms with E-state index in [2.05, 4.69) is 21.6 Å². The third kappa shape index (κ3) is 4.82. The predicted molar refractivity (Wildman–Crippen MR) is 99.0 cm³/mol. The number of allylic oxidation sites excluding steroid dienone is 1. The molecule has 2 fully saturated rings. The zero-order valence-corrected chi connectivity index (χ0v) is 15.4. The van der Waals surface area contributed by atoms with Crippen molar-refractivity contribution in [3.63, 3.8) is 0 Å². The molecule has 0 aromatic carbocycles. The summed E-state index contributed by atoms with van der Waals surface area (Å²) >= 11 is 0. The Morgan fingerprint density at radius 2 is 1.92 bits per heavy atom. The van der Waals surface area contributed by atoms with Crippen molar-refractivity contribution in [3.8, 4) is 0 Å². The van der Waals surface area contributed by atoms with Gasteiger partial charge in [-0.25, -0.2) is 0 Å². The van der Waals surface area contributed by atoms with E-state index in [0.29, 0.717) is 18.6 Å². The lowest BCUT2D eigenvalue weighted by atomic mass is 9.76. The number of rotatable bonds is 5. The van der Waals surface area contributed by atoms with Gasteiger partial charge in [0, 0.05) is 32.2 Å². The summed E-state index contributed by atoms with van der Waals surface area (Å²) in [4.78, 5) is 13.8. The highest BCUT2D eigenvalue weighted by molar-refractivity contribution is 5.77. The van der Waals surface area contributed by atoms with Gasteiger partial charge in [-0.1, -0.05) is 24.5 Å². The minimum Gasteiger partial charge on any atom is -0.358 e. The summed E-state index contributed by atoms with van der Waals surface area (Å²) in [6.07, 6.45) is 15.9. The Balaban J connectivity index is 1.49. The van der Waals surface area contributed by atoms with E-state index in [1.54, 1.807) is 12.6 Å². The summed E-state index contributed by atoms with van der Waals surface area (Å²) in [7, 11) is 1.72. The van der Waals surface area contributed by atoms with Crippen LogP contribution in [0.1, 0.15) is 64.2 Å². The van der Waals surface area contributed by atoms with Crippen LogP contribution in [0.3, 0.4) is 0 Å². The van der Waals surface area contributed by atoms with Crippen LogP contribution in [0.5, 0.6) is 0 Å². The molecule has 0 spiro atoms. The molecule has 3 rings (SSSR count). The van der Waals surface area contributed by atoms with Gasteiger partial charge in [0.15, 0.2) is 0 Å². The average molecular weight is 334 g/mol. The van der Waals surface area contributed by atoms with Crippen LogP contribution in [0.2, 0.25) is 0 Å². The van der Waals surface area contributed by atoms with E-state index >= 15 is 0 Å². The fraction of sp³-hybridized carbons (Fsp3) is 0.850. The van der Waals surface area contributed by atoms with Gasteiger partial charge in [-0.15, -0.1) is 0 Å². The Labute approximate surface area is 147 Å². The number of nitrogens with zero attached hydrogens (tertiary/aromatic N) is 1. The fourth-order valence-corrected chi connectivity index (χ4v) is 4.82. The lowest BCUT2D eigenvalue weighted by molar-refractivity contribution is -0.122. The van der Waals surface area contributed by atoms with E-state index in [-0.39, 0.29) is 5.91 Å². The maximum absolute atomic E-state index is 11.5. The molecule has 1 aliphatic heterocycles. The van der Waals surface area contributed by atoms with Crippen LogP contribution in [0.15, 0.2) is 11.6 Å². The topological polar surface area (TPSA) is 44.4 Å². The van der Waals surface area contributed by atoms with Gasteiger partial charge in [0.1, 0.15) is 0 Å². The largest absolute Gasteiger partial charge is 0.358 e. The summed E-state index contributed by atoms with van der Waals surface area (Å²) in [5.41, 5.74) is 1.76. The van der Waals surface area contributed by atoms with Crippen LogP contribution in [0, 0.1) is 5.92 Å². The SMILES string of the molecule is CNC(=O)CN1CCC(NC2CCCCC2C2=CCCCC2)CC1. The molecule has 1 amide bonds. The second-order valence-electron chi connectivity index (χ2n) is 7.91. The Kier molecular flexibility index (Phi) is 6.73. The number of likely N-dealkylation sites (N-methyl/N-ethyl adjacent to an activating group) is 1. The quantitative estimate of drug-likeness (QED) is 0.761. The monoisotopic (exact) mass is 333 g/mol. The lowest BCUT2D eigenvalue weighted by Gasteiger charge is -2.40. The summed E-state index contributed by atoms with van der Waals surface area (Å²) < 4.78 is 0. The van der Waals surface area contributed by atoms with Crippen molar-refractivity contribution in [3.05, 3.63) is 11.6 Å². The average Bonchev–Trinajstić information content (AvgIpc) is 2.64. The summed E-state index contributed by atoms with van der Waals surface area (Å²) in [5, 5.41) is 6.75. The molecule has 136 valence electrons. The second kappa shape index (κ2) is 9.00. The van der Waals surface area contributed by atoms with Crippen molar-refractivity contribution >= 4 is 5.91 Å². The molecule has 4 heteroatoms. The number of carbonyl (C=O) groups is 1. The number of amides is 1. The fourth-order valence-electron chi connectivity index (χ4n) is 4.82. The van der Waals surface area contributed by atoms with Crippen LogP contribution >= 0.6 is 0 Å². The van der Waals surface area contributed by atoms with E-state index in [9.17, 15) is 4.79 Å². The van der Waals surface area contributed by atoms with E-state index in [0.717, 1.165) is 19.0 Å². The van der Waals surface area contributed by atoms with Crippen LogP contribution in [0.25, 0.3) is 0 Å². The summed E-state index contributed by atoms with van der Waals surface area (Å²) in [6, 6.07) is 1.33. The van der Waals surface area contributed by atoms with Crippen LogP contribution in [-0.2, 0) is 4.79 Å². The van der Waals surface area contributed by atoms with Gasteiger partial charge in [-0.2, -0.15) is 0 Å². The van der Waals surface area contributed by atoms with Gasteiger partial charge in [0.25, 0.3) is 0 Å². The van der Waals surface area contributed by atoms with Gasteiger partial charge in [0.05, 0.1) is 6.54 Å². The number of hydrogen-bond acceptors (Lipinski definition) is 3. The molecule has 1 saturated carbocycles. The van der Waals surface area contributed by atoms with Gasteiger partial charge in [-0.05, 0) is 57.3 Å². The molecule has 2 unspecified atom stereocenters. The molecule has 0 aromatic heterocycles. The molecule has 2 aliphatic carbocycles. The highest BCUT2D eigenvalue weighted by Crippen LogP contribution is 2.35. The summed E-state index contributed by atoms with van der Waals surface area (Å²) in [6.45, 7) is 2.65. The van der Waals surface area contributed by atoms with Crippen LogP contribution in [0.4, 0.5) is 0 Å². The second-order valence-corrected chi connectivity index (χ2v) is 7.91. The zero-order chi connectivity index (χ0) is 16.8. The van der Waals surface area contributed by atoms with Crippen molar-refractivity contribution in [1.29, 1.82) is 0 Å². The first-order valence-electron chi connectivity index (χ1n) is 10.1. The summed E-state index contributed by atoms with van der Waals surface area (Å²) in [5.74, 6) is 0.931. The standard InChI is InChI=1S/C20H35N3O/c1-21-20(24)15-23-13-11-17(12-14-23)22-19-10-6-5-9-18(19)16-7-3-2-4-8-16/h7,17-19,22H,2-6,8-15H2,1H3,(H,21,24). The number of carbonyl (C=O) groups excluding carboxylic acids is 1. The van der Waals surface area contributed by atoms with Gasteiger partial charge >= 0.3 is 0 Å². The minimum atomic E-state index is 0.137. The molecule has 24 heavy (non-hydrogen) atoms. The third-order valence-corrected chi connectivity index (χ3v) is 6.25. The molecule has 2 N–H and O–H groups in total. The molecular formula is C20H35N3O. The van der Waals surface area contributed by atoms with Crippen molar-refractivity contribution in [1.82, 2.24) is 15.5 Å². The van der Waals surface area contributed by atoms with Crippen molar-refractivity contribution < 1.29 is 4.79 Å². The maximum atomic E-state index is 11.5. The first-order chi connectivity index (χ1) is 11.8. The molecular weight excluding hydrogens is 298 g/mol. The molecule has 0 radical (unpaired) electrons. The first-order valence-corrected chi connectivity index (χ1v) is 10.1. The van der Waals surface area contributed by atoms with Gasteiger partial charge in [0.2, 0.25) is 5.91 Å².